The number of rotatable bonds is 7. The smallest absolute Gasteiger partial charge is 0.262 e. The molecule has 8 heteroatoms. The van der Waals surface area contributed by atoms with Crippen LogP contribution in [0, 0.1) is 0 Å². The average Bonchev–Trinajstić information content (AvgIpc) is 2.99. The number of nitrogens with zero attached hydrogens (tertiary/aromatic N) is 2. The minimum Gasteiger partial charge on any atom is -0.312 e. The molecule has 0 saturated heterocycles. The molecule has 0 fully saturated rings. The molecule has 0 aromatic carbocycles. The van der Waals surface area contributed by atoms with E-state index in [9.17, 15) is 8.42 Å². The summed E-state index contributed by atoms with van der Waals surface area (Å²) in [7, 11) is -1.79. The lowest BCUT2D eigenvalue weighted by Gasteiger charge is -2.03. The molecular weight excluding hydrogens is 296 g/mol. The number of hydrogen-bond donors (Lipinski definition) is 2. The Morgan fingerprint density at radius 1 is 1.45 bits per heavy atom. The molecule has 0 aliphatic rings. The van der Waals surface area contributed by atoms with E-state index in [-0.39, 0.29) is 0 Å². The molecule has 110 valence electrons. The first kappa shape index (κ1) is 15.0. The van der Waals surface area contributed by atoms with Crippen LogP contribution in [0.3, 0.4) is 0 Å². The lowest BCUT2D eigenvalue weighted by Crippen LogP contribution is -2.13. The Labute approximate surface area is 122 Å². The second-order valence-corrected chi connectivity index (χ2v) is 7.11. The van der Waals surface area contributed by atoms with Crippen molar-refractivity contribution < 1.29 is 8.42 Å². The van der Waals surface area contributed by atoms with Gasteiger partial charge in [0.25, 0.3) is 10.0 Å². The van der Waals surface area contributed by atoms with Crippen LogP contribution in [-0.2, 0) is 23.6 Å². The molecule has 0 unspecified atom stereocenters. The number of aromatic nitrogens is 2. The number of nitrogens with one attached hydrogen (secondary N) is 2. The number of hydrogen-bond acceptors (Lipinski definition) is 5. The third-order valence-corrected chi connectivity index (χ3v) is 5.07. The molecule has 2 rings (SSSR count). The van der Waals surface area contributed by atoms with Gasteiger partial charge in [0.05, 0.1) is 16.8 Å². The Bertz CT molecular complexity index is 661. The summed E-state index contributed by atoms with van der Waals surface area (Å²) in [6.07, 6.45) is 4.15. The van der Waals surface area contributed by atoms with Crippen LogP contribution < -0.4 is 10.0 Å². The van der Waals surface area contributed by atoms with E-state index in [0.29, 0.717) is 17.1 Å². The molecule has 0 radical (unpaired) electrons. The highest BCUT2D eigenvalue weighted by Gasteiger charge is 2.17. The first-order valence-corrected chi connectivity index (χ1v) is 8.67. The summed E-state index contributed by atoms with van der Waals surface area (Å²) in [5, 5.41) is 8.84. The van der Waals surface area contributed by atoms with E-state index in [2.05, 4.69) is 22.1 Å². The van der Waals surface area contributed by atoms with E-state index >= 15 is 0 Å². The van der Waals surface area contributed by atoms with E-state index in [1.165, 1.54) is 17.5 Å². The maximum Gasteiger partial charge on any atom is 0.262 e. The molecule has 0 saturated carbocycles. The second-order valence-electron chi connectivity index (χ2n) is 4.43. The third kappa shape index (κ3) is 3.81. The summed E-state index contributed by atoms with van der Waals surface area (Å²) in [6, 6.07) is 1.70. The van der Waals surface area contributed by atoms with Gasteiger partial charge in [-0.2, -0.15) is 5.10 Å². The minimum absolute atomic E-state index is 0.291. The molecule has 20 heavy (non-hydrogen) atoms. The van der Waals surface area contributed by atoms with Crippen molar-refractivity contribution >= 4 is 27.0 Å². The second kappa shape index (κ2) is 6.38. The van der Waals surface area contributed by atoms with E-state index in [1.807, 2.05) is 0 Å². The van der Waals surface area contributed by atoms with Crippen LogP contribution in [0.1, 0.15) is 18.2 Å². The quantitative estimate of drug-likeness (QED) is 0.764. The SMILES string of the molecule is CCCNCc1cc(S(=O)(=O)Nc2cnn(C)c2)cs1. The largest absolute Gasteiger partial charge is 0.312 e. The fraction of sp³-hybridized carbons (Fsp3) is 0.417. The van der Waals surface area contributed by atoms with Gasteiger partial charge < -0.3 is 5.32 Å². The Morgan fingerprint density at radius 3 is 2.90 bits per heavy atom. The van der Waals surface area contributed by atoms with Crippen LogP contribution >= 0.6 is 11.3 Å². The van der Waals surface area contributed by atoms with E-state index in [1.54, 1.807) is 29.4 Å². The Hall–Kier alpha value is -1.38. The van der Waals surface area contributed by atoms with Gasteiger partial charge in [-0.25, -0.2) is 8.42 Å². The summed E-state index contributed by atoms with van der Waals surface area (Å²) in [5.41, 5.74) is 0.462. The molecule has 2 N–H and O–H groups in total. The lowest BCUT2D eigenvalue weighted by atomic mass is 10.4. The third-order valence-electron chi connectivity index (χ3n) is 2.62. The van der Waals surface area contributed by atoms with Crippen LogP contribution in [-0.4, -0.2) is 24.7 Å². The van der Waals surface area contributed by atoms with Crippen molar-refractivity contribution in [2.75, 3.05) is 11.3 Å². The van der Waals surface area contributed by atoms with Crippen LogP contribution in [0.4, 0.5) is 5.69 Å². The summed E-state index contributed by atoms with van der Waals surface area (Å²) in [6.45, 7) is 3.71. The molecule has 2 aromatic rings. The maximum atomic E-state index is 12.2. The zero-order valence-corrected chi connectivity index (χ0v) is 13.1. The highest BCUT2D eigenvalue weighted by Crippen LogP contribution is 2.21. The van der Waals surface area contributed by atoms with Crippen molar-refractivity contribution in [3.05, 3.63) is 28.7 Å². The van der Waals surface area contributed by atoms with Crippen molar-refractivity contribution in [2.45, 2.75) is 24.8 Å². The highest BCUT2D eigenvalue weighted by molar-refractivity contribution is 7.92. The average molecular weight is 314 g/mol. The fourth-order valence-corrected chi connectivity index (χ4v) is 3.94. The number of sulfonamides is 1. The van der Waals surface area contributed by atoms with Gasteiger partial charge in [-0.05, 0) is 19.0 Å². The van der Waals surface area contributed by atoms with Gasteiger partial charge >= 0.3 is 0 Å². The number of thiophene rings is 1. The molecule has 0 aliphatic heterocycles. The molecule has 2 aromatic heterocycles. The molecule has 6 nitrogen and oxygen atoms in total. The van der Waals surface area contributed by atoms with Crippen LogP contribution in [0.2, 0.25) is 0 Å². The van der Waals surface area contributed by atoms with E-state index in [0.717, 1.165) is 17.8 Å². The normalized spacial score (nSPS) is 11.7. The number of anilines is 1. The Balaban J connectivity index is 2.06. The number of aryl methyl sites for hydroxylation is 1. The van der Waals surface area contributed by atoms with Crippen molar-refractivity contribution in [3.63, 3.8) is 0 Å². The fourth-order valence-electron chi connectivity index (χ4n) is 1.67. The van der Waals surface area contributed by atoms with Crippen molar-refractivity contribution in [1.29, 1.82) is 0 Å². The predicted molar refractivity (Wildman–Crippen MR) is 80.3 cm³/mol. The molecular formula is C12H18N4O2S2. The molecule has 2 heterocycles. The molecule has 0 amide bonds. The highest BCUT2D eigenvalue weighted by atomic mass is 32.2. The van der Waals surface area contributed by atoms with Gasteiger partial charge in [-0.3, -0.25) is 9.40 Å². The van der Waals surface area contributed by atoms with Crippen LogP contribution in [0.5, 0.6) is 0 Å². The lowest BCUT2D eigenvalue weighted by molar-refractivity contribution is 0.601. The molecule has 0 spiro atoms. The molecule has 0 aliphatic carbocycles. The van der Waals surface area contributed by atoms with Gasteiger partial charge in [-0.1, -0.05) is 6.92 Å². The standard InChI is InChI=1S/C12H18N4O2S2/c1-3-4-13-7-11-5-12(9-19-11)20(17,18)15-10-6-14-16(2)8-10/h5-6,8-9,13,15H,3-4,7H2,1-2H3. The summed E-state index contributed by atoms with van der Waals surface area (Å²) >= 11 is 1.44. The van der Waals surface area contributed by atoms with Gasteiger partial charge in [0.1, 0.15) is 0 Å². The topological polar surface area (TPSA) is 76.0 Å². The van der Waals surface area contributed by atoms with Crippen LogP contribution in [0.25, 0.3) is 0 Å². The van der Waals surface area contributed by atoms with Gasteiger partial charge in [0.2, 0.25) is 0 Å². The van der Waals surface area contributed by atoms with Crippen molar-refractivity contribution in [2.24, 2.45) is 7.05 Å². The van der Waals surface area contributed by atoms with Gasteiger partial charge in [0, 0.05) is 30.0 Å². The first-order chi connectivity index (χ1) is 9.51. The zero-order chi connectivity index (χ0) is 14.6. The molecule has 0 atom stereocenters. The Kier molecular flexibility index (Phi) is 4.79. The van der Waals surface area contributed by atoms with E-state index in [4.69, 9.17) is 0 Å². The Morgan fingerprint density at radius 2 is 2.25 bits per heavy atom. The summed E-state index contributed by atoms with van der Waals surface area (Å²) < 4.78 is 28.4. The van der Waals surface area contributed by atoms with Gasteiger partial charge in [-0.15, -0.1) is 11.3 Å². The van der Waals surface area contributed by atoms with Crippen molar-refractivity contribution in [1.82, 2.24) is 15.1 Å². The van der Waals surface area contributed by atoms with E-state index < -0.39 is 10.0 Å². The maximum absolute atomic E-state index is 12.2. The van der Waals surface area contributed by atoms with Crippen LogP contribution in [0.15, 0.2) is 28.7 Å². The predicted octanol–water partition coefficient (Wildman–Crippen LogP) is 1.78. The molecule has 0 bridgehead atoms. The summed E-state index contributed by atoms with van der Waals surface area (Å²) in [4.78, 5) is 1.30. The first-order valence-electron chi connectivity index (χ1n) is 6.31. The monoisotopic (exact) mass is 314 g/mol. The van der Waals surface area contributed by atoms with Gasteiger partial charge in [0.15, 0.2) is 0 Å². The summed E-state index contributed by atoms with van der Waals surface area (Å²) in [5.74, 6) is 0. The zero-order valence-electron chi connectivity index (χ0n) is 11.5. The van der Waals surface area contributed by atoms with Crippen molar-refractivity contribution in [3.8, 4) is 0 Å². The minimum atomic E-state index is -3.53.